The van der Waals surface area contributed by atoms with E-state index >= 15 is 0 Å². The molecule has 1 spiro atoms. The molecule has 0 N–H and O–H groups in total. The van der Waals surface area contributed by atoms with E-state index in [-0.39, 0.29) is 17.6 Å². The highest BCUT2D eigenvalue weighted by molar-refractivity contribution is 6.00. The Kier molecular flexibility index (Phi) is 3.07. The molecule has 0 aromatic heterocycles. The molecule has 5 rings (SSSR count). The molecule has 1 aromatic rings. The topological polar surface area (TPSA) is 46.6 Å². The molecule has 126 valence electrons. The van der Waals surface area contributed by atoms with E-state index in [0.717, 1.165) is 38.8 Å². The maximum absolute atomic E-state index is 12.9. The van der Waals surface area contributed by atoms with E-state index in [0.29, 0.717) is 29.6 Å². The Labute approximate surface area is 142 Å². The van der Waals surface area contributed by atoms with Crippen LogP contribution in [0.4, 0.5) is 0 Å². The Morgan fingerprint density at radius 1 is 1.17 bits per heavy atom. The third-order valence-corrected chi connectivity index (χ3v) is 6.59. The molecule has 4 heteroatoms. The van der Waals surface area contributed by atoms with Gasteiger partial charge in [-0.25, -0.2) is 0 Å². The molecule has 0 radical (unpaired) electrons. The average molecular weight is 325 g/mol. The molecular formula is C20H23NO3. The van der Waals surface area contributed by atoms with Crippen LogP contribution in [0.15, 0.2) is 24.3 Å². The second-order valence-corrected chi connectivity index (χ2v) is 7.90. The fraction of sp³-hybridized carbons (Fsp3) is 0.600. The Hall–Kier alpha value is -1.84. The molecule has 4 atom stereocenters. The summed E-state index contributed by atoms with van der Waals surface area (Å²) < 4.78 is 6.38. The number of fused-ring (bicyclic) bond motifs is 3. The smallest absolute Gasteiger partial charge is 0.226 e. The van der Waals surface area contributed by atoms with Crippen LogP contribution in [0.3, 0.4) is 0 Å². The van der Waals surface area contributed by atoms with E-state index in [2.05, 4.69) is 4.90 Å². The van der Waals surface area contributed by atoms with Crippen molar-refractivity contribution in [3.63, 3.8) is 0 Å². The van der Waals surface area contributed by atoms with E-state index in [9.17, 15) is 9.59 Å². The minimum absolute atomic E-state index is 0.0925. The molecule has 2 heterocycles. The summed E-state index contributed by atoms with van der Waals surface area (Å²) in [6.45, 7) is 1.81. The van der Waals surface area contributed by atoms with Gasteiger partial charge in [0, 0.05) is 24.9 Å². The van der Waals surface area contributed by atoms with Gasteiger partial charge in [0.1, 0.15) is 11.4 Å². The number of Topliss-reactive ketones (excluding diaryl/α,β-unsaturated/α-hetero) is 1. The van der Waals surface area contributed by atoms with Crippen LogP contribution in [-0.2, 0) is 4.79 Å². The van der Waals surface area contributed by atoms with Crippen molar-refractivity contribution in [3.05, 3.63) is 29.8 Å². The number of piperidine rings is 1. The number of hydrogen-bond acceptors (Lipinski definition) is 3. The van der Waals surface area contributed by atoms with Crippen molar-refractivity contribution in [2.75, 3.05) is 13.1 Å². The van der Waals surface area contributed by atoms with E-state index in [1.807, 2.05) is 24.3 Å². The number of likely N-dealkylation sites (tertiary alicyclic amines) is 1. The van der Waals surface area contributed by atoms with Gasteiger partial charge in [-0.3, -0.25) is 9.59 Å². The molecule has 2 saturated carbocycles. The Morgan fingerprint density at radius 3 is 2.79 bits per heavy atom. The third-order valence-electron chi connectivity index (χ3n) is 6.59. The summed E-state index contributed by atoms with van der Waals surface area (Å²) in [5, 5.41) is 0. The number of rotatable bonds is 1. The predicted octanol–water partition coefficient (Wildman–Crippen LogP) is 3.06. The van der Waals surface area contributed by atoms with Gasteiger partial charge < -0.3 is 9.64 Å². The van der Waals surface area contributed by atoms with Gasteiger partial charge in [-0.05, 0) is 50.2 Å². The predicted molar refractivity (Wildman–Crippen MR) is 88.9 cm³/mol. The minimum atomic E-state index is -0.424. The highest BCUT2D eigenvalue weighted by Crippen LogP contribution is 2.66. The first-order chi connectivity index (χ1) is 11.7. The van der Waals surface area contributed by atoms with Crippen molar-refractivity contribution < 1.29 is 14.3 Å². The molecule has 3 fully saturated rings. The number of benzene rings is 1. The first kappa shape index (κ1) is 14.5. The number of hydrogen-bond donors (Lipinski definition) is 0. The second-order valence-electron chi connectivity index (χ2n) is 7.90. The van der Waals surface area contributed by atoms with E-state index in [1.165, 1.54) is 6.42 Å². The maximum atomic E-state index is 12.9. The van der Waals surface area contributed by atoms with Crippen LogP contribution in [0.5, 0.6) is 5.75 Å². The van der Waals surface area contributed by atoms with Crippen LogP contribution in [-0.4, -0.2) is 35.3 Å². The van der Waals surface area contributed by atoms with Crippen molar-refractivity contribution in [3.8, 4) is 5.75 Å². The number of ether oxygens (including phenoxy) is 1. The molecule has 4 aliphatic rings. The lowest BCUT2D eigenvalue weighted by molar-refractivity contribution is -0.135. The average Bonchev–Trinajstić information content (AvgIpc) is 3.26. The van der Waals surface area contributed by atoms with Gasteiger partial charge in [0.25, 0.3) is 0 Å². The van der Waals surface area contributed by atoms with Crippen molar-refractivity contribution in [2.24, 2.45) is 17.8 Å². The number of nitrogens with zero attached hydrogens (tertiary/aromatic N) is 1. The summed E-state index contributed by atoms with van der Waals surface area (Å²) >= 11 is 0. The maximum Gasteiger partial charge on any atom is 0.226 e. The first-order valence-electron chi connectivity index (χ1n) is 9.30. The molecule has 1 aromatic carbocycles. The summed E-state index contributed by atoms with van der Waals surface area (Å²) in [7, 11) is 0. The molecule has 1 amide bonds. The molecule has 2 aliphatic heterocycles. The van der Waals surface area contributed by atoms with Gasteiger partial charge in [-0.1, -0.05) is 12.1 Å². The lowest BCUT2D eigenvalue weighted by Gasteiger charge is -2.37. The summed E-state index contributed by atoms with van der Waals surface area (Å²) in [4.78, 5) is 27.6. The number of amides is 1. The SMILES string of the molecule is O=C1C[C@@]2(CC[C@@H]3[C@@H](C(=O)N4CCCCC4)[C@@H]32)Oc2ccccc21. The number of carbonyl (C=O) groups is 2. The quantitative estimate of drug-likeness (QED) is 0.797. The van der Waals surface area contributed by atoms with Crippen LogP contribution < -0.4 is 4.74 Å². The van der Waals surface area contributed by atoms with Gasteiger partial charge in [-0.15, -0.1) is 0 Å². The lowest BCUT2D eigenvalue weighted by Crippen LogP contribution is -2.45. The van der Waals surface area contributed by atoms with E-state index in [1.54, 1.807) is 0 Å². The fourth-order valence-corrected chi connectivity index (χ4v) is 5.42. The minimum Gasteiger partial charge on any atom is -0.486 e. The summed E-state index contributed by atoms with van der Waals surface area (Å²) in [6.07, 6.45) is 5.85. The Bertz CT molecular complexity index is 709. The number of ketones is 1. The van der Waals surface area contributed by atoms with Crippen molar-refractivity contribution in [1.82, 2.24) is 4.90 Å². The van der Waals surface area contributed by atoms with Crippen LogP contribution >= 0.6 is 0 Å². The summed E-state index contributed by atoms with van der Waals surface area (Å²) in [5.41, 5.74) is 0.276. The zero-order valence-corrected chi connectivity index (χ0v) is 13.9. The van der Waals surface area contributed by atoms with Crippen molar-refractivity contribution >= 4 is 11.7 Å². The summed E-state index contributed by atoms with van der Waals surface area (Å²) in [5.74, 6) is 1.97. The second kappa shape index (κ2) is 5.08. The lowest BCUT2D eigenvalue weighted by atomic mass is 9.84. The van der Waals surface area contributed by atoms with Gasteiger partial charge in [0.05, 0.1) is 12.0 Å². The Balaban J connectivity index is 1.39. The molecule has 0 bridgehead atoms. The molecular weight excluding hydrogens is 302 g/mol. The number of carbonyl (C=O) groups excluding carboxylic acids is 2. The third kappa shape index (κ3) is 1.98. The normalized spacial score (nSPS) is 36.9. The fourth-order valence-electron chi connectivity index (χ4n) is 5.42. The van der Waals surface area contributed by atoms with Crippen molar-refractivity contribution in [1.29, 1.82) is 0 Å². The van der Waals surface area contributed by atoms with Crippen LogP contribution in [0.1, 0.15) is 48.9 Å². The molecule has 2 aliphatic carbocycles. The monoisotopic (exact) mass is 325 g/mol. The molecule has 24 heavy (non-hydrogen) atoms. The molecule has 1 saturated heterocycles. The standard InChI is InChI=1S/C20H23NO3/c22-15-12-20(24-16-7-3-2-6-13(15)16)9-8-14-17(18(14)20)19(23)21-10-4-1-5-11-21/h2-3,6-7,14,17-18H,1,4-5,8-12H2/t14-,17-,18-,20-/m1/s1. The highest BCUT2D eigenvalue weighted by atomic mass is 16.5. The zero-order valence-electron chi connectivity index (χ0n) is 13.9. The van der Waals surface area contributed by atoms with Gasteiger partial charge in [0.15, 0.2) is 5.78 Å². The molecule has 4 nitrogen and oxygen atoms in total. The Morgan fingerprint density at radius 2 is 1.96 bits per heavy atom. The van der Waals surface area contributed by atoms with Crippen LogP contribution in [0.2, 0.25) is 0 Å². The van der Waals surface area contributed by atoms with Gasteiger partial charge in [-0.2, -0.15) is 0 Å². The van der Waals surface area contributed by atoms with Gasteiger partial charge in [0.2, 0.25) is 5.91 Å². The first-order valence-corrected chi connectivity index (χ1v) is 9.30. The molecule has 0 unspecified atom stereocenters. The van der Waals surface area contributed by atoms with Crippen LogP contribution in [0.25, 0.3) is 0 Å². The zero-order chi connectivity index (χ0) is 16.3. The van der Waals surface area contributed by atoms with Gasteiger partial charge >= 0.3 is 0 Å². The van der Waals surface area contributed by atoms with E-state index < -0.39 is 5.60 Å². The van der Waals surface area contributed by atoms with E-state index in [4.69, 9.17) is 4.74 Å². The van der Waals surface area contributed by atoms with Crippen molar-refractivity contribution in [2.45, 2.75) is 44.1 Å². The van der Waals surface area contributed by atoms with Crippen LogP contribution in [0, 0.1) is 17.8 Å². The number of para-hydroxylation sites is 1. The summed E-state index contributed by atoms with van der Waals surface area (Å²) in [6, 6.07) is 7.54. The largest absolute Gasteiger partial charge is 0.486 e. The highest BCUT2D eigenvalue weighted by Gasteiger charge is 2.71.